The molecule has 1 aliphatic rings. The maximum atomic E-state index is 14.5. The maximum Gasteiger partial charge on any atom is 0.432 e. The zero-order valence-corrected chi connectivity index (χ0v) is 18.0. The molecule has 9 heteroatoms. The van der Waals surface area contributed by atoms with Crippen molar-refractivity contribution in [2.24, 2.45) is 5.92 Å². The zero-order valence-electron chi connectivity index (χ0n) is 18.0. The van der Waals surface area contributed by atoms with E-state index in [-0.39, 0.29) is 5.56 Å². The molecule has 178 valence electrons. The number of carbonyl (C=O) groups is 1. The minimum atomic E-state index is -4.62. The molecule has 3 aromatic carbocycles. The molecule has 3 aromatic rings. The van der Waals surface area contributed by atoms with Gasteiger partial charge in [-0.25, -0.2) is 22.4 Å². The van der Waals surface area contributed by atoms with Crippen molar-refractivity contribution < 1.29 is 40.6 Å². The fraction of sp³-hybridized carbons (Fsp3) is 0.240. The van der Waals surface area contributed by atoms with Gasteiger partial charge in [-0.3, -0.25) is 0 Å². The van der Waals surface area contributed by atoms with Gasteiger partial charge in [-0.15, -0.1) is 0 Å². The summed E-state index contributed by atoms with van der Waals surface area (Å²) >= 11 is 0. The van der Waals surface area contributed by atoms with Gasteiger partial charge in [0.2, 0.25) is 0 Å². The van der Waals surface area contributed by atoms with E-state index in [1.54, 1.807) is 12.1 Å². The number of halogens is 6. The summed E-state index contributed by atoms with van der Waals surface area (Å²) in [4.78, 5) is 12.4. The van der Waals surface area contributed by atoms with E-state index in [2.05, 4.69) is 11.7 Å². The summed E-state index contributed by atoms with van der Waals surface area (Å²) < 4.78 is 94.3. The molecule has 4 rings (SSSR count). The summed E-state index contributed by atoms with van der Waals surface area (Å²) in [5, 5.41) is 0. The predicted octanol–water partition coefficient (Wildman–Crippen LogP) is 6.63. The summed E-state index contributed by atoms with van der Waals surface area (Å²) in [6.45, 7) is 3.14. The maximum absolute atomic E-state index is 14.5. The van der Waals surface area contributed by atoms with E-state index in [1.807, 2.05) is 0 Å². The number of hydrogen-bond donors (Lipinski definition) is 0. The Bertz CT molecular complexity index is 1240. The van der Waals surface area contributed by atoms with Crippen LogP contribution in [0.15, 0.2) is 42.5 Å². The molecule has 0 N–H and O–H groups in total. The minimum Gasteiger partial charge on any atom is -0.429 e. The quantitative estimate of drug-likeness (QED) is 0.234. The SMILES string of the molecule is Cc1c(F)cc(OC(F)(F)c2c(F)cc(OC(=O)c3ccc4c(c3)CC(C)C4)cc2F)cc1F. The third kappa shape index (κ3) is 4.60. The van der Waals surface area contributed by atoms with Crippen LogP contribution in [-0.4, -0.2) is 5.97 Å². The van der Waals surface area contributed by atoms with Gasteiger partial charge in [-0.05, 0) is 48.9 Å². The van der Waals surface area contributed by atoms with E-state index in [1.165, 1.54) is 6.07 Å². The fourth-order valence-corrected chi connectivity index (χ4v) is 3.90. The van der Waals surface area contributed by atoms with Crippen molar-refractivity contribution in [1.29, 1.82) is 0 Å². The second kappa shape index (κ2) is 8.70. The lowest BCUT2D eigenvalue weighted by molar-refractivity contribution is -0.189. The van der Waals surface area contributed by atoms with Gasteiger partial charge in [-0.1, -0.05) is 13.0 Å². The van der Waals surface area contributed by atoms with Crippen molar-refractivity contribution in [2.45, 2.75) is 32.8 Å². The van der Waals surface area contributed by atoms with Crippen molar-refractivity contribution in [1.82, 2.24) is 0 Å². The van der Waals surface area contributed by atoms with Gasteiger partial charge in [-0.2, -0.15) is 8.78 Å². The van der Waals surface area contributed by atoms with E-state index in [0.29, 0.717) is 30.2 Å². The van der Waals surface area contributed by atoms with E-state index in [0.717, 1.165) is 30.9 Å². The van der Waals surface area contributed by atoms with Crippen LogP contribution in [0, 0.1) is 36.1 Å². The van der Waals surface area contributed by atoms with Crippen molar-refractivity contribution in [3.63, 3.8) is 0 Å². The van der Waals surface area contributed by atoms with Gasteiger partial charge < -0.3 is 9.47 Å². The molecule has 0 amide bonds. The third-order valence-corrected chi connectivity index (χ3v) is 5.60. The Morgan fingerprint density at radius 3 is 2.03 bits per heavy atom. The summed E-state index contributed by atoms with van der Waals surface area (Å²) in [6.07, 6.45) is -2.97. The molecular formula is C25H18F6O3. The number of rotatable bonds is 5. The third-order valence-electron chi connectivity index (χ3n) is 5.60. The molecule has 0 aromatic heterocycles. The van der Waals surface area contributed by atoms with Crippen LogP contribution in [0.2, 0.25) is 0 Å². The second-order valence-corrected chi connectivity index (χ2v) is 8.28. The lowest BCUT2D eigenvalue weighted by Gasteiger charge is -2.20. The van der Waals surface area contributed by atoms with E-state index in [9.17, 15) is 31.1 Å². The normalized spacial score (nSPS) is 15.2. The number of fused-ring (bicyclic) bond motifs is 1. The molecule has 0 fully saturated rings. The zero-order chi connectivity index (χ0) is 24.8. The van der Waals surface area contributed by atoms with Gasteiger partial charge in [0.15, 0.2) is 0 Å². The highest BCUT2D eigenvalue weighted by Crippen LogP contribution is 2.37. The molecule has 1 aliphatic carbocycles. The fourth-order valence-electron chi connectivity index (χ4n) is 3.90. The Kier molecular flexibility index (Phi) is 6.05. The molecule has 34 heavy (non-hydrogen) atoms. The summed E-state index contributed by atoms with van der Waals surface area (Å²) in [5.41, 5.74) is -0.0244. The average Bonchev–Trinajstić information content (AvgIpc) is 3.10. The Balaban J connectivity index is 1.56. The second-order valence-electron chi connectivity index (χ2n) is 8.28. The Morgan fingerprint density at radius 2 is 1.41 bits per heavy atom. The Labute approximate surface area is 190 Å². The number of benzene rings is 3. The van der Waals surface area contributed by atoms with Crippen molar-refractivity contribution in [3.05, 3.63) is 93.6 Å². The topological polar surface area (TPSA) is 35.5 Å². The van der Waals surface area contributed by atoms with Gasteiger partial charge >= 0.3 is 12.1 Å². The monoisotopic (exact) mass is 480 g/mol. The molecule has 3 nitrogen and oxygen atoms in total. The highest BCUT2D eigenvalue weighted by atomic mass is 19.3. The van der Waals surface area contributed by atoms with Gasteiger partial charge in [0, 0.05) is 29.8 Å². The van der Waals surface area contributed by atoms with Crippen LogP contribution in [0.3, 0.4) is 0 Å². The molecule has 0 saturated heterocycles. The van der Waals surface area contributed by atoms with E-state index < -0.39 is 58.0 Å². The predicted molar refractivity (Wildman–Crippen MR) is 110 cm³/mol. The number of hydrogen-bond acceptors (Lipinski definition) is 3. The lowest BCUT2D eigenvalue weighted by Crippen LogP contribution is -2.25. The molecule has 0 saturated carbocycles. The van der Waals surface area contributed by atoms with Gasteiger partial charge in [0.05, 0.1) is 5.56 Å². The van der Waals surface area contributed by atoms with Crippen LogP contribution in [0.1, 0.15) is 39.5 Å². The molecule has 0 heterocycles. The van der Waals surface area contributed by atoms with E-state index in [4.69, 9.17) is 4.74 Å². The first-order chi connectivity index (χ1) is 15.9. The first kappa shape index (κ1) is 23.7. The van der Waals surface area contributed by atoms with Crippen molar-refractivity contribution in [2.75, 3.05) is 0 Å². The number of alkyl halides is 2. The van der Waals surface area contributed by atoms with Crippen LogP contribution in [0.4, 0.5) is 26.3 Å². The van der Waals surface area contributed by atoms with Crippen LogP contribution in [0.25, 0.3) is 0 Å². The lowest BCUT2D eigenvalue weighted by atomic mass is 10.1. The smallest absolute Gasteiger partial charge is 0.429 e. The van der Waals surface area contributed by atoms with Crippen molar-refractivity contribution >= 4 is 5.97 Å². The van der Waals surface area contributed by atoms with Crippen LogP contribution in [-0.2, 0) is 19.0 Å². The van der Waals surface area contributed by atoms with Crippen LogP contribution < -0.4 is 9.47 Å². The highest BCUT2D eigenvalue weighted by Gasteiger charge is 2.41. The average molecular weight is 480 g/mol. The Hall–Kier alpha value is -3.49. The molecule has 0 bridgehead atoms. The number of ether oxygens (including phenoxy) is 2. The standard InChI is InChI=1S/C25H18F6O3/c1-12-5-14-3-4-15(7-16(14)6-12)24(32)33-17-8-21(28)23(22(29)9-17)25(30,31)34-18-10-19(26)13(2)20(27)11-18/h3-4,7-12H,5-6H2,1-2H3. The van der Waals surface area contributed by atoms with Crippen LogP contribution >= 0.6 is 0 Å². The first-order valence-corrected chi connectivity index (χ1v) is 10.3. The minimum absolute atomic E-state index is 0.148. The summed E-state index contributed by atoms with van der Waals surface area (Å²) in [7, 11) is 0. The summed E-state index contributed by atoms with van der Waals surface area (Å²) in [6, 6.07) is 6.66. The van der Waals surface area contributed by atoms with Gasteiger partial charge in [0.25, 0.3) is 0 Å². The molecule has 0 spiro atoms. The first-order valence-electron chi connectivity index (χ1n) is 10.3. The highest BCUT2D eigenvalue weighted by molar-refractivity contribution is 5.91. The number of esters is 1. The van der Waals surface area contributed by atoms with Crippen molar-refractivity contribution in [3.8, 4) is 11.5 Å². The van der Waals surface area contributed by atoms with Crippen LogP contribution in [0.5, 0.6) is 11.5 Å². The molecule has 1 atom stereocenters. The molecule has 0 radical (unpaired) electrons. The largest absolute Gasteiger partial charge is 0.432 e. The van der Waals surface area contributed by atoms with E-state index >= 15 is 0 Å². The Morgan fingerprint density at radius 1 is 0.853 bits per heavy atom. The molecule has 0 aliphatic heterocycles. The molecular weight excluding hydrogens is 462 g/mol. The summed E-state index contributed by atoms with van der Waals surface area (Å²) in [5.74, 6) is -7.99. The number of carbonyl (C=O) groups excluding carboxylic acids is 1. The van der Waals surface area contributed by atoms with Gasteiger partial charge in [0.1, 0.15) is 40.3 Å². The molecule has 1 unspecified atom stereocenters.